The molecule has 304 valence electrons. The van der Waals surface area contributed by atoms with Gasteiger partial charge in [-0.2, -0.15) is 0 Å². The third-order valence-corrected chi connectivity index (χ3v) is 13.4. The first-order valence-electron chi connectivity index (χ1n) is 20.5. The number of nitrogens with two attached hydrogens (primary N) is 1. The molecule has 0 unspecified atom stereocenters. The summed E-state index contributed by atoms with van der Waals surface area (Å²) in [5, 5.41) is 10.1. The highest BCUT2D eigenvalue weighted by atomic mass is 16.5. The molecule has 3 aliphatic rings. The van der Waals surface area contributed by atoms with Crippen LogP contribution in [-0.2, 0) is 35.1 Å². The van der Waals surface area contributed by atoms with Gasteiger partial charge in [-0.15, -0.1) is 0 Å². The van der Waals surface area contributed by atoms with Crippen molar-refractivity contribution in [3.05, 3.63) is 29.8 Å². The Kier molecular flexibility index (Phi) is 16.1. The maximum absolute atomic E-state index is 14.4. The minimum atomic E-state index is -0.568. The number of hydrogen-bond acceptors (Lipinski definition) is 9. The van der Waals surface area contributed by atoms with Gasteiger partial charge in [-0.25, -0.2) is 0 Å². The van der Waals surface area contributed by atoms with E-state index < -0.39 is 24.0 Å². The molecule has 3 fully saturated rings. The number of nitrogens with zero attached hydrogens (tertiary/aromatic N) is 3. The molecule has 2 aliphatic heterocycles. The molecule has 2 heterocycles. The van der Waals surface area contributed by atoms with Crippen LogP contribution in [0.25, 0.3) is 0 Å². The first kappa shape index (κ1) is 43.9. The second kappa shape index (κ2) is 19.8. The highest BCUT2D eigenvalue weighted by Gasteiger charge is 2.48. The third-order valence-electron chi connectivity index (χ3n) is 13.4. The number of likely N-dealkylation sites (tertiary alicyclic amines) is 2. The molecule has 11 atom stereocenters. The number of likely N-dealkylation sites (N-methyl/N-ethyl adjacent to an activating group) is 2. The Labute approximate surface area is 324 Å². The molecule has 0 spiro atoms. The molecule has 1 aromatic rings. The molecular weight excluding hydrogens is 684 g/mol. The van der Waals surface area contributed by atoms with Gasteiger partial charge < -0.3 is 30.1 Å². The molecule has 2 bridgehead atoms. The monoisotopic (exact) mass is 755 g/mol. The summed E-state index contributed by atoms with van der Waals surface area (Å²) in [5.41, 5.74) is 7.50. The van der Waals surface area contributed by atoms with Crippen molar-refractivity contribution in [3.8, 4) is 0 Å². The summed E-state index contributed by atoms with van der Waals surface area (Å²) in [6.45, 7) is 10.5. The zero-order chi connectivity index (χ0) is 39.9. The van der Waals surface area contributed by atoms with E-state index in [2.05, 4.69) is 25.8 Å². The summed E-state index contributed by atoms with van der Waals surface area (Å²) < 4.78 is 12.1. The second-order valence-corrected chi connectivity index (χ2v) is 17.1. The van der Waals surface area contributed by atoms with Crippen LogP contribution in [0.4, 0.5) is 5.69 Å². The minimum absolute atomic E-state index is 0.00680. The summed E-state index contributed by atoms with van der Waals surface area (Å²) in [6, 6.07) is 7.17. The van der Waals surface area contributed by atoms with Gasteiger partial charge in [0, 0.05) is 70.8 Å². The lowest BCUT2D eigenvalue weighted by Crippen LogP contribution is -2.54. The predicted octanol–water partition coefficient (Wildman–Crippen LogP) is 5.01. The summed E-state index contributed by atoms with van der Waals surface area (Å²) in [7, 11) is 7.05. The van der Waals surface area contributed by atoms with Crippen LogP contribution in [0.5, 0.6) is 0 Å². The molecule has 2 saturated heterocycles. The van der Waals surface area contributed by atoms with Gasteiger partial charge in [0.15, 0.2) is 5.78 Å². The highest BCUT2D eigenvalue weighted by Crippen LogP contribution is 2.42. The van der Waals surface area contributed by atoms with Crippen molar-refractivity contribution >= 4 is 29.1 Å². The molecular formula is C43H70N4O7. The van der Waals surface area contributed by atoms with Crippen LogP contribution in [0, 0.1) is 35.5 Å². The number of ketones is 2. The van der Waals surface area contributed by atoms with E-state index in [9.17, 15) is 24.3 Å². The Morgan fingerprint density at radius 3 is 2.22 bits per heavy atom. The molecule has 1 aliphatic carbocycles. The van der Waals surface area contributed by atoms with Crippen molar-refractivity contribution in [2.75, 3.05) is 47.2 Å². The third kappa shape index (κ3) is 10.1. The summed E-state index contributed by atoms with van der Waals surface area (Å²) >= 11 is 0. The fourth-order valence-corrected chi connectivity index (χ4v) is 9.90. The van der Waals surface area contributed by atoms with E-state index >= 15 is 0 Å². The van der Waals surface area contributed by atoms with Crippen molar-refractivity contribution in [3.63, 3.8) is 0 Å². The second-order valence-electron chi connectivity index (χ2n) is 17.1. The number of piperidine rings is 1. The number of ether oxygens (including phenoxy) is 2. The molecule has 11 heteroatoms. The number of anilines is 1. The fourth-order valence-electron chi connectivity index (χ4n) is 9.90. The van der Waals surface area contributed by atoms with Gasteiger partial charge >= 0.3 is 0 Å². The number of fused-ring (bicyclic) bond motifs is 2. The Morgan fingerprint density at radius 2 is 1.67 bits per heavy atom. The molecule has 54 heavy (non-hydrogen) atoms. The number of rotatable bonds is 21. The van der Waals surface area contributed by atoms with Gasteiger partial charge in [-0.05, 0) is 86.9 Å². The number of Topliss-reactive ketones (excluding diaryl/α,β-unsaturated/α-hetero) is 2. The Balaban J connectivity index is 1.44. The van der Waals surface area contributed by atoms with E-state index in [4.69, 9.17) is 15.2 Å². The lowest BCUT2D eigenvalue weighted by molar-refractivity contribution is -0.149. The van der Waals surface area contributed by atoms with Gasteiger partial charge in [0.05, 0.1) is 36.8 Å². The van der Waals surface area contributed by atoms with Crippen LogP contribution in [0.1, 0.15) is 98.0 Å². The number of methoxy groups -OCH3 is 2. The number of aliphatic hydroxyl groups is 1. The van der Waals surface area contributed by atoms with Crippen LogP contribution >= 0.6 is 0 Å². The van der Waals surface area contributed by atoms with Crippen molar-refractivity contribution < 1.29 is 33.8 Å². The van der Waals surface area contributed by atoms with Crippen LogP contribution in [0.15, 0.2) is 24.3 Å². The Hall–Kier alpha value is -2.86. The predicted molar refractivity (Wildman–Crippen MR) is 212 cm³/mol. The topological polar surface area (TPSA) is 143 Å². The van der Waals surface area contributed by atoms with Gasteiger partial charge in [0.25, 0.3) is 0 Å². The zero-order valence-corrected chi connectivity index (χ0v) is 34.5. The number of aliphatic hydroxyl groups excluding tert-OH is 1. The van der Waals surface area contributed by atoms with Crippen LogP contribution in [0.2, 0.25) is 0 Å². The van der Waals surface area contributed by atoms with E-state index in [1.54, 1.807) is 26.2 Å². The summed E-state index contributed by atoms with van der Waals surface area (Å²) in [5.74, 6) is -0.812. The zero-order valence-electron chi connectivity index (χ0n) is 34.5. The number of hydrogen-bond donors (Lipinski definition) is 2. The smallest absolute Gasteiger partial charge is 0.226 e. The maximum atomic E-state index is 14.4. The average molecular weight is 755 g/mol. The van der Waals surface area contributed by atoms with Crippen LogP contribution < -0.4 is 5.73 Å². The molecule has 11 nitrogen and oxygen atoms in total. The number of amides is 2. The van der Waals surface area contributed by atoms with Crippen LogP contribution in [0.3, 0.4) is 0 Å². The van der Waals surface area contributed by atoms with E-state index in [0.717, 1.165) is 37.7 Å². The first-order chi connectivity index (χ1) is 25.7. The maximum Gasteiger partial charge on any atom is 0.226 e. The van der Waals surface area contributed by atoms with Gasteiger partial charge in [-0.1, -0.05) is 53.2 Å². The lowest BCUT2D eigenvalue weighted by Gasteiger charge is -2.41. The largest absolute Gasteiger partial charge is 0.399 e. The normalized spacial score (nSPS) is 25.3. The van der Waals surface area contributed by atoms with E-state index in [-0.39, 0.29) is 85.1 Å². The van der Waals surface area contributed by atoms with Crippen molar-refractivity contribution in [1.29, 1.82) is 0 Å². The molecule has 0 aromatic heterocycles. The Morgan fingerprint density at radius 1 is 0.981 bits per heavy atom. The van der Waals surface area contributed by atoms with Crippen molar-refractivity contribution in [2.24, 2.45) is 35.5 Å². The van der Waals surface area contributed by atoms with Gasteiger partial charge in [0.2, 0.25) is 11.8 Å². The molecule has 2 amide bonds. The highest BCUT2D eigenvalue weighted by molar-refractivity contribution is 5.90. The molecule has 1 aromatic carbocycles. The molecule has 0 radical (unpaired) electrons. The lowest BCUT2D eigenvalue weighted by atomic mass is 9.83. The van der Waals surface area contributed by atoms with Gasteiger partial charge in [0.1, 0.15) is 5.78 Å². The van der Waals surface area contributed by atoms with Gasteiger partial charge in [-0.3, -0.25) is 24.1 Å². The number of carbonyl (C=O) groups excluding carboxylic acids is 4. The van der Waals surface area contributed by atoms with Crippen molar-refractivity contribution in [2.45, 2.75) is 135 Å². The Bertz CT molecular complexity index is 1400. The standard InChI is InChI=1S/C43H70N4O7/c1-10-27(4)40(46(7)43(52)34(26(2)3)23-37(50)41-31-15-18-33(22-31)45(41)6)38(53-8)24-39(51)47-19-11-12-35(47)42(54-9)28(5)36(49)21-30(25-48)20-29-13-16-32(44)17-14-29/h13-14,16-17,26-28,30-31,33-35,38,40-42,48H,10-12,15,18-25,44H2,1-9H3/t27-,28-,30+,31-,33+,34-,35-,38+,40-,41-,42+/m0/s1. The minimum Gasteiger partial charge on any atom is -0.399 e. The number of benzene rings is 1. The molecule has 1 saturated carbocycles. The SMILES string of the molecule is CC[C@H](C)[C@@H]([C@@H](CC(=O)N1CCC[C@H]1[C@H](OC)[C@@H](C)C(=O)C[C@H](CO)Cc1ccc(N)cc1)OC)N(C)C(=O)[C@@H](CC(=O)[C@@H]1[C@H]2CC[C@H](C2)N1C)C(C)C. The number of nitrogen functional groups attached to an aromatic ring is 1. The quantitative estimate of drug-likeness (QED) is 0.166. The summed E-state index contributed by atoms with van der Waals surface area (Å²) in [6.07, 6.45) is 5.56. The first-order valence-corrected chi connectivity index (χ1v) is 20.5. The fraction of sp³-hybridized carbons (Fsp3) is 0.767. The number of carbonyl (C=O) groups is 4. The summed E-state index contributed by atoms with van der Waals surface area (Å²) in [4.78, 5) is 61.9. The van der Waals surface area contributed by atoms with E-state index in [0.29, 0.717) is 37.0 Å². The van der Waals surface area contributed by atoms with E-state index in [1.807, 2.05) is 49.9 Å². The van der Waals surface area contributed by atoms with Crippen LogP contribution in [-0.4, -0.2) is 121 Å². The molecule has 3 N–H and O–H groups in total. The van der Waals surface area contributed by atoms with E-state index in [1.165, 1.54) is 0 Å². The van der Waals surface area contributed by atoms with Crippen molar-refractivity contribution in [1.82, 2.24) is 14.7 Å². The molecule has 4 rings (SSSR count). The average Bonchev–Trinajstić information content (AvgIpc) is 3.91.